The Morgan fingerprint density at radius 1 is 0.982 bits per heavy atom. The van der Waals surface area contributed by atoms with Crippen molar-refractivity contribution >= 4 is 12.3 Å². The lowest BCUT2D eigenvalue weighted by Crippen LogP contribution is -2.66. The fourth-order valence-electron chi connectivity index (χ4n) is 8.15. The molecule has 56 heavy (non-hydrogen) atoms. The van der Waals surface area contributed by atoms with Gasteiger partial charge >= 0.3 is 5.97 Å². The first-order valence-electron chi connectivity index (χ1n) is 20.3. The van der Waals surface area contributed by atoms with Crippen LogP contribution in [0.1, 0.15) is 87.0 Å². The van der Waals surface area contributed by atoms with Crippen molar-refractivity contribution in [3.63, 3.8) is 0 Å². The summed E-state index contributed by atoms with van der Waals surface area (Å²) >= 11 is 0. The zero-order chi connectivity index (χ0) is 41.7. The van der Waals surface area contributed by atoms with E-state index in [1.807, 2.05) is 52.8 Å². The molecule has 324 valence electrons. The van der Waals surface area contributed by atoms with Crippen LogP contribution in [0.4, 0.5) is 0 Å². The normalized spacial score (nSPS) is 42.0. The van der Waals surface area contributed by atoms with Gasteiger partial charge in [0.05, 0.1) is 48.6 Å². The highest BCUT2D eigenvalue weighted by molar-refractivity contribution is 5.70. The van der Waals surface area contributed by atoms with Crippen LogP contribution in [-0.4, -0.2) is 155 Å². The van der Waals surface area contributed by atoms with E-state index in [4.69, 9.17) is 42.6 Å². The Morgan fingerprint density at radius 2 is 1.70 bits per heavy atom. The quantitative estimate of drug-likeness (QED) is 0.190. The number of carbonyl (C=O) groups is 2. The zero-order valence-corrected chi connectivity index (χ0v) is 35.9. The van der Waals surface area contributed by atoms with Gasteiger partial charge in [0.15, 0.2) is 12.6 Å². The number of aliphatic hydroxyl groups excluding tert-OH is 2. The summed E-state index contributed by atoms with van der Waals surface area (Å²) in [6.45, 7) is 14.4. The molecule has 3 heterocycles. The van der Waals surface area contributed by atoms with Gasteiger partial charge in [-0.1, -0.05) is 45.1 Å². The van der Waals surface area contributed by atoms with Gasteiger partial charge < -0.3 is 62.5 Å². The van der Waals surface area contributed by atoms with Crippen LogP contribution in [0.25, 0.3) is 0 Å². The highest BCUT2D eigenvalue weighted by Gasteiger charge is 2.52. The number of rotatable bonds is 14. The van der Waals surface area contributed by atoms with Crippen molar-refractivity contribution in [2.75, 3.05) is 42.0 Å². The number of likely N-dealkylation sites (N-methyl/N-ethyl adjacent to an activating group) is 1. The van der Waals surface area contributed by atoms with E-state index in [2.05, 4.69) is 13.8 Å². The van der Waals surface area contributed by atoms with Crippen LogP contribution >= 0.6 is 0 Å². The van der Waals surface area contributed by atoms with Gasteiger partial charge in [0.2, 0.25) is 0 Å². The minimum absolute atomic E-state index is 0.0436. The van der Waals surface area contributed by atoms with Crippen molar-refractivity contribution in [1.29, 1.82) is 0 Å². The summed E-state index contributed by atoms with van der Waals surface area (Å²) in [6, 6.07) is -0.623. The summed E-state index contributed by atoms with van der Waals surface area (Å²) in [5.74, 6) is -0.820. The smallest absolute Gasteiger partial charge is 0.308 e. The average molecular weight is 800 g/mol. The number of nitrogens with zero attached hydrogens (tertiary/aromatic N) is 1. The molecule has 0 aromatic heterocycles. The third-order valence-electron chi connectivity index (χ3n) is 11.5. The Kier molecular flexibility index (Phi) is 20.0. The Morgan fingerprint density at radius 3 is 2.30 bits per heavy atom. The van der Waals surface area contributed by atoms with Crippen molar-refractivity contribution in [2.24, 2.45) is 17.8 Å². The molecule has 2 fully saturated rings. The number of aldehydes is 1. The molecule has 0 aromatic carbocycles. The molecular formula is C42H73NO13. The maximum Gasteiger partial charge on any atom is 0.308 e. The highest BCUT2D eigenvalue weighted by atomic mass is 16.7. The molecule has 14 nitrogen and oxygen atoms in total. The van der Waals surface area contributed by atoms with E-state index < -0.39 is 84.9 Å². The summed E-state index contributed by atoms with van der Waals surface area (Å²) < 4.78 is 56.2. The number of aliphatic hydroxyl groups is 2. The molecular weight excluding hydrogens is 726 g/mol. The first kappa shape index (κ1) is 48.5. The van der Waals surface area contributed by atoms with Gasteiger partial charge in [-0.3, -0.25) is 4.79 Å². The molecule has 2 N–H and O–H groups in total. The predicted octanol–water partition coefficient (Wildman–Crippen LogP) is 4.22. The Labute approximate surface area is 335 Å². The minimum atomic E-state index is -1.24. The number of ether oxygens (including phenoxy) is 9. The number of hydrogen-bond donors (Lipinski definition) is 2. The van der Waals surface area contributed by atoms with Crippen LogP contribution in [-0.2, 0) is 52.2 Å². The lowest BCUT2D eigenvalue weighted by molar-refractivity contribution is -0.347. The molecule has 0 spiro atoms. The van der Waals surface area contributed by atoms with Crippen LogP contribution in [0.2, 0.25) is 0 Å². The van der Waals surface area contributed by atoms with E-state index in [0.29, 0.717) is 31.8 Å². The van der Waals surface area contributed by atoms with E-state index in [1.54, 1.807) is 32.3 Å². The van der Waals surface area contributed by atoms with Gasteiger partial charge in [-0.2, -0.15) is 0 Å². The molecule has 3 aliphatic heterocycles. The summed E-state index contributed by atoms with van der Waals surface area (Å²) in [4.78, 5) is 27.3. The fraction of sp³-hybridized carbons (Fsp3) is 0.857. The Hall–Kier alpha value is -1.82. The van der Waals surface area contributed by atoms with E-state index in [0.717, 1.165) is 12.7 Å². The maximum absolute atomic E-state index is 13.2. The SMILES string of the molecule is CO[C@@H]1[C@@H](O[C@@H]2O[C@H](C)[C@@H](O[C@H]3C[C@@](C)(OC)[C@@H](OCCC(C)C)[C@H](C)O3)[C@H](N(C)C)[C@H]2O)[C@@H](CC=O)C[C@@H](C)[C@@H](O)/C=C/C=C/C[C@@H](C)OC(=O)C[C@H]1OC. The molecule has 3 aliphatic rings. The second-order valence-corrected chi connectivity index (χ2v) is 16.7. The van der Waals surface area contributed by atoms with E-state index in [-0.39, 0.29) is 31.0 Å². The second-order valence-electron chi connectivity index (χ2n) is 16.7. The summed E-state index contributed by atoms with van der Waals surface area (Å²) in [5.41, 5.74) is -0.692. The van der Waals surface area contributed by atoms with E-state index in [1.165, 1.54) is 14.2 Å². The first-order chi connectivity index (χ1) is 26.5. The number of hydrogen-bond acceptors (Lipinski definition) is 14. The van der Waals surface area contributed by atoms with Gasteiger partial charge in [0.25, 0.3) is 0 Å². The second kappa shape index (κ2) is 23.1. The monoisotopic (exact) mass is 800 g/mol. The fourth-order valence-corrected chi connectivity index (χ4v) is 8.15. The van der Waals surface area contributed by atoms with Crippen molar-refractivity contribution in [3.05, 3.63) is 24.3 Å². The van der Waals surface area contributed by atoms with Gasteiger partial charge in [-0.05, 0) is 72.4 Å². The molecule has 0 aromatic rings. The number of carbonyl (C=O) groups excluding carboxylic acids is 2. The molecule has 2 saturated heterocycles. The molecule has 0 saturated carbocycles. The molecule has 0 aliphatic carbocycles. The third kappa shape index (κ3) is 13.4. The number of esters is 1. The maximum atomic E-state index is 13.2. The zero-order valence-electron chi connectivity index (χ0n) is 35.9. The molecule has 0 amide bonds. The number of methoxy groups -OCH3 is 3. The Bertz CT molecular complexity index is 1230. The van der Waals surface area contributed by atoms with Crippen LogP contribution in [0.15, 0.2) is 24.3 Å². The molecule has 3 rings (SSSR count). The van der Waals surface area contributed by atoms with Gasteiger partial charge in [0.1, 0.15) is 36.8 Å². The van der Waals surface area contributed by atoms with Crippen molar-refractivity contribution < 1.29 is 62.4 Å². The molecule has 0 unspecified atom stereocenters. The Balaban J connectivity index is 1.94. The van der Waals surface area contributed by atoms with Crippen LogP contribution < -0.4 is 0 Å². The lowest BCUT2D eigenvalue weighted by atomic mass is 9.82. The topological polar surface area (TPSA) is 161 Å². The highest BCUT2D eigenvalue weighted by Crippen LogP contribution is 2.38. The number of allylic oxidation sites excluding steroid dienone is 2. The first-order valence-corrected chi connectivity index (χ1v) is 20.3. The van der Waals surface area contributed by atoms with E-state index >= 15 is 0 Å². The summed E-state index contributed by atoms with van der Waals surface area (Å²) in [7, 11) is 8.31. The van der Waals surface area contributed by atoms with Crippen molar-refractivity contribution in [1.82, 2.24) is 4.90 Å². The lowest BCUT2D eigenvalue weighted by Gasteiger charge is -2.51. The van der Waals surface area contributed by atoms with Gasteiger partial charge in [-0.15, -0.1) is 0 Å². The average Bonchev–Trinajstić information content (AvgIpc) is 3.12. The number of cyclic esters (lactones) is 1. The largest absolute Gasteiger partial charge is 0.462 e. The molecule has 0 bridgehead atoms. The predicted molar refractivity (Wildman–Crippen MR) is 210 cm³/mol. The van der Waals surface area contributed by atoms with Crippen molar-refractivity contribution in [3.8, 4) is 0 Å². The van der Waals surface area contributed by atoms with Gasteiger partial charge in [-0.25, -0.2) is 0 Å². The standard InChI is InChI=1S/C42H73NO13/c1-25(2)19-21-51-40-29(6)53-34(24-42(40,7)50-12)55-37-28(5)54-41(36(47)35(37)43(8)9)56-38-30(18-20-44)22-26(3)31(45)17-15-13-14-16-27(4)52-33(46)23-32(48-10)39(38)49-11/h13-15,17,20,25-32,34-41,45,47H,16,18-19,21-24H2,1-12H3/b14-13+,17-15+/t26-,27-,28-,29+,30+,31+,32-,34+,35-,36-,37-,38+,39+,40+,41+,42-/m1/s1. The minimum Gasteiger partial charge on any atom is -0.462 e. The summed E-state index contributed by atoms with van der Waals surface area (Å²) in [6.07, 6.45) is 0.989. The molecule has 0 radical (unpaired) electrons. The van der Waals surface area contributed by atoms with Crippen LogP contribution in [0, 0.1) is 17.8 Å². The van der Waals surface area contributed by atoms with E-state index in [9.17, 15) is 19.8 Å². The molecule has 14 heteroatoms. The summed E-state index contributed by atoms with van der Waals surface area (Å²) in [5, 5.41) is 23.2. The van der Waals surface area contributed by atoms with Crippen molar-refractivity contribution in [2.45, 2.75) is 172 Å². The third-order valence-corrected chi connectivity index (χ3v) is 11.5. The molecule has 16 atom stereocenters. The van der Waals surface area contributed by atoms with Crippen LogP contribution in [0.5, 0.6) is 0 Å². The van der Waals surface area contributed by atoms with Crippen LogP contribution in [0.3, 0.4) is 0 Å². The van der Waals surface area contributed by atoms with Gasteiger partial charge in [0, 0.05) is 47.2 Å².